The summed E-state index contributed by atoms with van der Waals surface area (Å²) in [5.74, 6) is -0.626. The van der Waals surface area contributed by atoms with Crippen molar-refractivity contribution in [1.82, 2.24) is 40.9 Å². The fraction of sp³-hybridized carbons (Fsp3) is 0.581. The number of halogens is 6. The molecule has 0 aliphatic heterocycles. The van der Waals surface area contributed by atoms with Crippen LogP contribution in [0, 0.1) is 0 Å². The molecule has 0 aliphatic rings. The van der Waals surface area contributed by atoms with Gasteiger partial charge < -0.3 is 94.0 Å². The van der Waals surface area contributed by atoms with Crippen molar-refractivity contribution in [3.8, 4) is 0 Å². The molecule has 0 spiro atoms. The van der Waals surface area contributed by atoms with Crippen LogP contribution < -0.4 is 31.6 Å². The predicted octanol–water partition coefficient (Wildman–Crippen LogP) is 15.2. The van der Waals surface area contributed by atoms with E-state index in [9.17, 15) is 38.4 Å². The van der Waals surface area contributed by atoms with E-state index in [4.69, 9.17) is 120 Å². The minimum Gasteiger partial charge on any atom is -0.398 e. The molecule has 0 radical (unpaired) electrons. The van der Waals surface area contributed by atoms with Gasteiger partial charge >= 0.3 is 63.4 Å². The number of hydrogen-bond donors (Lipinski definition) is 4. The van der Waals surface area contributed by atoms with Crippen molar-refractivity contribution in [2.45, 2.75) is 167 Å². The third-order valence-electron chi connectivity index (χ3n) is 19.7. The molecular weight excluding hydrogens is 1900 g/mol. The van der Waals surface area contributed by atoms with Crippen molar-refractivity contribution in [3.05, 3.63) is 160 Å². The van der Waals surface area contributed by atoms with E-state index in [1.807, 2.05) is 106 Å². The lowest BCUT2D eigenvalue weighted by Gasteiger charge is -2.27. The van der Waals surface area contributed by atoms with Gasteiger partial charge in [0, 0.05) is 187 Å². The van der Waals surface area contributed by atoms with Gasteiger partial charge in [0.1, 0.15) is 0 Å². The number of nitrogens with one attached hydrogen (secondary N) is 4. The number of likely N-dealkylation sites (N-methyl/N-ethyl adjacent to an activating group) is 4. The number of rotatable bonds is 56. The molecule has 2 aromatic carbocycles. The van der Waals surface area contributed by atoms with Gasteiger partial charge in [0.25, 0.3) is 0 Å². The third-order valence-corrected chi connectivity index (χ3v) is 44.0. The highest BCUT2D eigenvalue weighted by molar-refractivity contribution is 7.65. The molecule has 28 nitrogen and oxygen atoms in total. The van der Waals surface area contributed by atoms with Gasteiger partial charge in [-0.2, -0.15) is 0 Å². The zero-order valence-electron chi connectivity index (χ0n) is 81.3. The van der Waals surface area contributed by atoms with Crippen LogP contribution in [0.15, 0.2) is 160 Å². The molecule has 0 unspecified atom stereocenters. The summed E-state index contributed by atoms with van der Waals surface area (Å²) in [7, 11) is 10.9. The lowest BCUT2D eigenvalue weighted by atomic mass is 10.3. The second-order valence-corrected chi connectivity index (χ2v) is 69.3. The second kappa shape index (κ2) is 76.4. The van der Waals surface area contributed by atoms with Gasteiger partial charge in [-0.3, -0.25) is 38.4 Å². The summed E-state index contributed by atoms with van der Waals surface area (Å²) < 4.78 is 65.6. The Labute approximate surface area is 805 Å². The fourth-order valence-electron chi connectivity index (χ4n) is 10.7. The smallest absolute Gasteiger partial charge is 0.372 e. The van der Waals surface area contributed by atoms with Gasteiger partial charge in [-0.05, 0) is 202 Å². The molecular formula is C86H158Cl6N8O20Si8. The minimum absolute atomic E-state index is 0.0132. The van der Waals surface area contributed by atoms with Crippen LogP contribution in [-0.4, -0.2) is 295 Å². The van der Waals surface area contributed by atoms with Crippen LogP contribution in [0.5, 0.6) is 0 Å². The van der Waals surface area contributed by atoms with Gasteiger partial charge in [0.05, 0.1) is 0 Å². The van der Waals surface area contributed by atoms with Crippen LogP contribution in [-0.2, 0) is 91.5 Å². The molecule has 4 N–H and O–H groups in total. The van der Waals surface area contributed by atoms with E-state index in [1.165, 1.54) is 24.3 Å². The van der Waals surface area contributed by atoms with Gasteiger partial charge in [-0.25, -0.2) is 0 Å². The van der Waals surface area contributed by atoms with Crippen LogP contribution in [0.25, 0.3) is 0 Å². The minimum atomic E-state index is -2.53. The Morgan fingerprint density at radius 2 is 0.602 bits per heavy atom. The largest absolute Gasteiger partial charge is 0.398 e. The van der Waals surface area contributed by atoms with Gasteiger partial charge in [-0.15, -0.1) is 66.5 Å². The Morgan fingerprint density at radius 3 is 0.852 bits per heavy atom. The summed E-state index contributed by atoms with van der Waals surface area (Å²) >= 11 is 34.2. The molecule has 0 aromatic heterocycles. The highest BCUT2D eigenvalue weighted by atomic mass is 35.8. The van der Waals surface area contributed by atoms with E-state index in [2.05, 4.69) is 73.9 Å². The maximum atomic E-state index is 11.7. The summed E-state index contributed by atoms with van der Waals surface area (Å²) in [6.07, 6.45) is 11.8. The van der Waals surface area contributed by atoms with Gasteiger partial charge in [0.15, 0.2) is 0 Å². The van der Waals surface area contributed by atoms with E-state index >= 15 is 0 Å². The summed E-state index contributed by atoms with van der Waals surface area (Å²) in [6, 6.07) is 21.2. The van der Waals surface area contributed by atoms with Crippen molar-refractivity contribution in [3.63, 3.8) is 0 Å². The highest BCUT2D eigenvalue weighted by Crippen LogP contribution is 2.28. The molecule has 0 bridgehead atoms. The number of benzene rings is 2. The van der Waals surface area contributed by atoms with Crippen LogP contribution in [0.4, 0.5) is 0 Å². The molecule has 8 amide bonds. The first-order valence-electron chi connectivity index (χ1n) is 42.0. The summed E-state index contributed by atoms with van der Waals surface area (Å²) in [5.41, 5.74) is 2.17. The monoisotopic (exact) mass is 2060 g/mol. The lowest BCUT2D eigenvalue weighted by molar-refractivity contribution is -0.127. The molecule has 0 saturated heterocycles. The summed E-state index contributed by atoms with van der Waals surface area (Å²) in [4.78, 5) is 96.6. The average molecular weight is 2060 g/mol. The number of hydrogen-bond acceptors (Lipinski definition) is 20. The average Bonchev–Trinajstić information content (AvgIpc) is 0.829. The lowest BCUT2D eigenvalue weighted by Crippen LogP contribution is -2.52. The van der Waals surface area contributed by atoms with E-state index in [0.717, 1.165) is 111 Å². The SMILES string of the molecule is C=C(C)C(=O)N(C)CCC[Si](Cl)(Cl)Cl.C=C(C)C(=O)N(CC)CCC[Si](C)(OC)OC.C=C(C)C(=O)NCCC[Si](C)(OC)OC.C=C(C)C(=O)NCCC[Si](OC)(OC)c1ccccc1.C=CC(=O)N(C)CCC[Si](Cl)(Cl)Cl.C=CC(=O)N(CC)CCC[Si](C)(OC)OC.C=CC(=O)NCCC[Si](C)(OC)OC.C=CC(=O)NCCC[Si](OC)(OC)c1ccccc1. The quantitative estimate of drug-likeness (QED) is 0.0207. The van der Waals surface area contributed by atoms with Crippen molar-refractivity contribution < 1.29 is 91.5 Å². The van der Waals surface area contributed by atoms with Crippen molar-refractivity contribution in [2.24, 2.45) is 0 Å². The van der Waals surface area contributed by atoms with Gasteiger partial charge in [-0.1, -0.05) is 113 Å². The zero-order valence-corrected chi connectivity index (χ0v) is 93.9. The zero-order chi connectivity index (χ0) is 100.0. The first-order valence-corrected chi connectivity index (χ1v) is 66.6. The Morgan fingerprint density at radius 1 is 0.336 bits per heavy atom. The standard InChI is InChI=1S/C15H23NO3Si.C14H21NO3Si.C12H25NO3Si.C11H23NO3Si.C10H21NO3Si.C9H19NO3Si.C8H14Cl3NOSi.C7H12Cl3NOSi/c1-13(2)15(17)16-11-8-12-20(18-3,19-4)14-9-6-5-7-10-14;1-4-14(16)15-11-8-12-19(17-2,18-3)13-9-6-5-7-10-13;1-7-13(12(14)11(2)3)9-8-10-17(6,15-4)16-5;1-6-11(13)12(7-2)9-8-10-16(5,14-3)15-4;1-9(2)10(12)11-7-6-8-15(5,13-3)14-4;1-5-9(11)10-7-6-8-14(4,12-2)13-3;1-7(2)8(13)12(3)5-4-6-14(9,10)11;1-3-7(12)11(2)5-4-6-13(8,9)10/h5-7,9-10H,1,8,11-12H2,2-4H3,(H,16,17);4-7,9-10H,1,8,11-12H2,2-3H3,(H,15,16);2,7-10H2,1,3-6H3;6H,1,7-10H2,2-5H3;1,6-8H2,2-5H3,(H,11,12);5H,1,6-8H2,2-4H3,(H,10,11);1,4-6H2,2-3H3;3H,1,4-6H2,2H3. The van der Waals surface area contributed by atoms with E-state index in [-0.39, 0.29) is 47.3 Å². The highest BCUT2D eigenvalue weighted by Gasteiger charge is 2.39. The molecule has 2 rings (SSSR count). The third kappa shape index (κ3) is 65.7. The molecule has 128 heavy (non-hydrogen) atoms. The topological polar surface area (TPSA) is 308 Å². The molecule has 0 heterocycles. The Kier molecular flexibility index (Phi) is 79.9. The van der Waals surface area contributed by atoms with E-state index in [0.29, 0.717) is 86.7 Å². The molecule has 0 saturated carbocycles. The molecule has 736 valence electrons. The number of nitrogens with zero attached hydrogens (tertiary/aromatic N) is 4. The van der Waals surface area contributed by atoms with Gasteiger partial charge in [0.2, 0.25) is 47.3 Å². The maximum Gasteiger partial charge on any atom is 0.372 e. The molecule has 0 fully saturated rings. The second-order valence-electron chi connectivity index (χ2n) is 29.6. The van der Waals surface area contributed by atoms with Crippen LogP contribution in [0.2, 0.25) is 74.5 Å². The summed E-state index contributed by atoms with van der Waals surface area (Å²) in [6.45, 7) is 53.5. The normalized spacial score (nSPS) is 11.2. The first kappa shape index (κ1) is 134. The van der Waals surface area contributed by atoms with Crippen molar-refractivity contribution in [2.75, 3.05) is 165 Å². The van der Waals surface area contributed by atoms with Crippen molar-refractivity contribution >= 4 is 187 Å². The van der Waals surface area contributed by atoms with Crippen molar-refractivity contribution in [1.29, 1.82) is 0 Å². The Bertz CT molecular complexity index is 3510. The van der Waals surface area contributed by atoms with Crippen LogP contribution in [0.3, 0.4) is 0 Å². The summed E-state index contributed by atoms with van der Waals surface area (Å²) in [5, 5.41) is 13.3. The maximum absolute atomic E-state index is 11.7. The Hall–Kier alpha value is -4.88. The number of carbonyl (C=O) groups excluding carboxylic acids is 8. The predicted molar refractivity (Wildman–Crippen MR) is 548 cm³/mol. The number of amides is 8. The molecule has 0 aliphatic carbocycles. The Balaban J connectivity index is -0.000000334. The van der Waals surface area contributed by atoms with Crippen LogP contribution >= 0.6 is 66.5 Å². The van der Waals surface area contributed by atoms with Crippen LogP contribution in [0.1, 0.15) is 92.9 Å². The first-order chi connectivity index (χ1) is 59.8. The number of carbonyl (C=O) groups is 8. The molecule has 0 atom stereocenters. The fourth-order valence-corrected chi connectivity index (χ4v) is 25.2. The van der Waals surface area contributed by atoms with E-state index in [1.54, 1.807) is 142 Å². The molecule has 2 aromatic rings. The molecule has 42 heteroatoms. The van der Waals surface area contributed by atoms with E-state index < -0.39 is 63.4 Å².